The first-order valence-corrected chi connectivity index (χ1v) is 13.3. The number of nitrogens with zero attached hydrogens (tertiary/aromatic N) is 1. The zero-order valence-corrected chi connectivity index (χ0v) is 20.6. The summed E-state index contributed by atoms with van der Waals surface area (Å²) in [6, 6.07) is 12.3. The number of nitrogens with one attached hydrogen (secondary N) is 2. The van der Waals surface area contributed by atoms with Gasteiger partial charge in [0.05, 0.1) is 24.7 Å². The Morgan fingerprint density at radius 2 is 1.74 bits per heavy atom. The van der Waals surface area contributed by atoms with Gasteiger partial charge in [-0.05, 0) is 54.7 Å². The van der Waals surface area contributed by atoms with Gasteiger partial charge in [-0.25, -0.2) is 8.42 Å². The lowest BCUT2D eigenvalue weighted by atomic mass is 9.95. The lowest BCUT2D eigenvalue weighted by Crippen LogP contribution is -2.33. The fourth-order valence-corrected chi connectivity index (χ4v) is 5.89. The number of sulfonamides is 1. The summed E-state index contributed by atoms with van der Waals surface area (Å²) in [5.41, 5.74) is 1.48. The summed E-state index contributed by atoms with van der Waals surface area (Å²) in [5.74, 6) is 1.45. The molecule has 34 heavy (non-hydrogen) atoms. The van der Waals surface area contributed by atoms with Crippen molar-refractivity contribution in [2.75, 3.05) is 38.2 Å². The molecule has 184 valence electrons. The Labute approximate surface area is 201 Å². The molecule has 1 saturated heterocycles. The Morgan fingerprint density at radius 1 is 1.00 bits per heavy atom. The van der Waals surface area contributed by atoms with E-state index in [4.69, 9.17) is 9.47 Å². The summed E-state index contributed by atoms with van der Waals surface area (Å²) in [7, 11) is -3.54. The van der Waals surface area contributed by atoms with Gasteiger partial charge in [0.15, 0.2) is 11.5 Å². The number of carbonyl (C=O) groups is 1. The molecule has 2 aliphatic heterocycles. The molecule has 0 aliphatic carbocycles. The van der Waals surface area contributed by atoms with Crippen molar-refractivity contribution < 1.29 is 22.7 Å². The second kappa shape index (κ2) is 10.8. The van der Waals surface area contributed by atoms with Crippen LogP contribution in [-0.4, -0.2) is 51.5 Å². The van der Waals surface area contributed by atoms with Crippen molar-refractivity contribution >= 4 is 21.6 Å². The van der Waals surface area contributed by atoms with Crippen LogP contribution < -0.4 is 20.1 Å². The van der Waals surface area contributed by atoms with Crippen LogP contribution in [0.5, 0.6) is 11.5 Å². The highest BCUT2D eigenvalue weighted by atomic mass is 32.2. The average Bonchev–Trinajstić information content (AvgIpc) is 3.26. The van der Waals surface area contributed by atoms with Crippen molar-refractivity contribution in [2.24, 2.45) is 5.92 Å². The molecule has 4 rings (SSSR count). The van der Waals surface area contributed by atoms with Crippen molar-refractivity contribution in [1.82, 2.24) is 9.62 Å². The third-order valence-corrected chi connectivity index (χ3v) is 8.00. The number of rotatable bonds is 8. The van der Waals surface area contributed by atoms with E-state index in [0.717, 1.165) is 36.3 Å². The summed E-state index contributed by atoms with van der Waals surface area (Å²) in [5, 5.41) is 6.15. The molecule has 2 aromatic rings. The second-order valence-electron chi connectivity index (χ2n) is 9.05. The van der Waals surface area contributed by atoms with Gasteiger partial charge in [0.25, 0.3) is 0 Å². The van der Waals surface area contributed by atoms with E-state index >= 15 is 0 Å². The topological polar surface area (TPSA) is 97.0 Å². The molecule has 0 unspecified atom stereocenters. The minimum atomic E-state index is -3.54. The molecular formula is C25H33N3O5S. The lowest BCUT2D eigenvalue weighted by molar-refractivity contribution is -0.115. The molecule has 2 heterocycles. The van der Waals surface area contributed by atoms with Gasteiger partial charge in [-0.2, -0.15) is 4.31 Å². The largest absolute Gasteiger partial charge is 0.490 e. The van der Waals surface area contributed by atoms with Crippen LogP contribution in [0.25, 0.3) is 0 Å². The number of amides is 1. The summed E-state index contributed by atoms with van der Waals surface area (Å²) in [6.07, 6.45) is 2.60. The number of fused-ring (bicyclic) bond motifs is 1. The third kappa shape index (κ3) is 5.71. The second-order valence-corrected chi connectivity index (χ2v) is 11.0. The van der Waals surface area contributed by atoms with Gasteiger partial charge >= 0.3 is 0 Å². The molecule has 1 amide bonds. The number of carbonyl (C=O) groups excluding carboxylic acids is 1. The predicted octanol–water partition coefficient (Wildman–Crippen LogP) is 3.56. The summed E-state index contributed by atoms with van der Waals surface area (Å²) >= 11 is 0. The van der Waals surface area contributed by atoms with Crippen LogP contribution in [-0.2, 0) is 14.8 Å². The Balaban J connectivity index is 1.40. The van der Waals surface area contributed by atoms with Crippen LogP contribution in [0.3, 0.4) is 0 Å². The zero-order chi connectivity index (χ0) is 24.1. The maximum atomic E-state index is 12.8. The van der Waals surface area contributed by atoms with Crippen molar-refractivity contribution in [3.05, 3.63) is 48.0 Å². The van der Waals surface area contributed by atoms with E-state index in [-0.39, 0.29) is 29.3 Å². The van der Waals surface area contributed by atoms with Crippen LogP contribution in [0.15, 0.2) is 47.4 Å². The Morgan fingerprint density at radius 3 is 2.47 bits per heavy atom. The SMILES string of the molecule is CC(C)[C@@H](NCC(=O)Nc1cccc(S(=O)(=O)N2CCCC2)c1)c1ccc2c(c1)OCCCO2. The first kappa shape index (κ1) is 24.5. The highest BCUT2D eigenvalue weighted by Gasteiger charge is 2.27. The molecule has 0 spiro atoms. The summed E-state index contributed by atoms with van der Waals surface area (Å²) in [6.45, 7) is 6.60. The highest BCUT2D eigenvalue weighted by Crippen LogP contribution is 2.34. The van der Waals surface area contributed by atoms with Gasteiger partial charge in [0, 0.05) is 31.2 Å². The highest BCUT2D eigenvalue weighted by molar-refractivity contribution is 7.89. The van der Waals surface area contributed by atoms with Gasteiger partial charge in [-0.3, -0.25) is 4.79 Å². The third-order valence-electron chi connectivity index (χ3n) is 6.10. The lowest BCUT2D eigenvalue weighted by Gasteiger charge is -2.24. The van der Waals surface area contributed by atoms with Gasteiger partial charge in [-0.15, -0.1) is 0 Å². The van der Waals surface area contributed by atoms with E-state index in [0.29, 0.717) is 32.0 Å². The van der Waals surface area contributed by atoms with Gasteiger partial charge in [0.1, 0.15) is 0 Å². The first-order valence-electron chi connectivity index (χ1n) is 11.9. The summed E-state index contributed by atoms with van der Waals surface area (Å²) in [4.78, 5) is 12.9. The first-order chi connectivity index (χ1) is 16.3. The van der Waals surface area contributed by atoms with Gasteiger partial charge in [0.2, 0.25) is 15.9 Å². The minimum Gasteiger partial charge on any atom is -0.490 e. The van der Waals surface area contributed by atoms with Crippen molar-refractivity contribution in [1.29, 1.82) is 0 Å². The van der Waals surface area contributed by atoms with E-state index in [1.807, 2.05) is 18.2 Å². The monoisotopic (exact) mass is 487 g/mol. The normalized spacial score (nSPS) is 17.4. The van der Waals surface area contributed by atoms with Crippen molar-refractivity contribution in [2.45, 2.75) is 44.0 Å². The van der Waals surface area contributed by atoms with Crippen molar-refractivity contribution in [3.8, 4) is 11.5 Å². The van der Waals surface area contributed by atoms with E-state index in [1.54, 1.807) is 18.2 Å². The number of hydrogen-bond donors (Lipinski definition) is 2. The maximum Gasteiger partial charge on any atom is 0.243 e. The minimum absolute atomic E-state index is 0.0650. The van der Waals surface area contributed by atoms with Crippen molar-refractivity contribution in [3.63, 3.8) is 0 Å². The predicted molar refractivity (Wildman–Crippen MR) is 131 cm³/mol. The number of hydrogen-bond acceptors (Lipinski definition) is 6. The molecule has 0 radical (unpaired) electrons. The molecule has 1 fully saturated rings. The number of anilines is 1. The maximum absolute atomic E-state index is 12.8. The zero-order valence-electron chi connectivity index (χ0n) is 19.7. The Hall–Kier alpha value is -2.62. The fourth-order valence-electron chi connectivity index (χ4n) is 4.33. The molecule has 0 aromatic heterocycles. The smallest absolute Gasteiger partial charge is 0.243 e. The van der Waals surface area contributed by atoms with Crippen LogP contribution in [0, 0.1) is 5.92 Å². The average molecular weight is 488 g/mol. The number of benzene rings is 2. The molecule has 0 saturated carbocycles. The molecular weight excluding hydrogens is 454 g/mol. The van der Waals surface area contributed by atoms with E-state index in [9.17, 15) is 13.2 Å². The fraction of sp³-hybridized carbons (Fsp3) is 0.480. The molecule has 9 heteroatoms. The molecule has 1 atom stereocenters. The molecule has 8 nitrogen and oxygen atoms in total. The standard InChI is InChI=1S/C25H33N3O5S/c1-18(2)25(19-9-10-22-23(15-19)33-14-6-13-32-22)26-17-24(29)27-20-7-5-8-21(16-20)34(30,31)28-11-3-4-12-28/h5,7-10,15-16,18,25-26H,3-4,6,11-14,17H2,1-2H3,(H,27,29)/t25-/m1/s1. The van der Waals surface area contributed by atoms with Crippen LogP contribution in [0.2, 0.25) is 0 Å². The molecule has 2 N–H and O–H groups in total. The Kier molecular flexibility index (Phi) is 7.75. The number of ether oxygens (including phenoxy) is 2. The van der Waals surface area contributed by atoms with Crippen LogP contribution in [0.1, 0.15) is 44.7 Å². The van der Waals surface area contributed by atoms with Crippen LogP contribution >= 0.6 is 0 Å². The van der Waals surface area contributed by atoms with Gasteiger partial charge in [-0.1, -0.05) is 26.0 Å². The molecule has 2 aromatic carbocycles. The van der Waals surface area contributed by atoms with Crippen LogP contribution in [0.4, 0.5) is 5.69 Å². The molecule has 2 aliphatic rings. The van der Waals surface area contributed by atoms with Gasteiger partial charge < -0.3 is 20.1 Å². The van der Waals surface area contributed by atoms with E-state index in [1.165, 1.54) is 10.4 Å². The summed E-state index contributed by atoms with van der Waals surface area (Å²) < 4.78 is 38.7. The Bertz CT molecular complexity index is 1110. The van der Waals surface area contributed by atoms with E-state index < -0.39 is 10.0 Å². The molecule has 0 bridgehead atoms. The van der Waals surface area contributed by atoms with E-state index in [2.05, 4.69) is 24.5 Å². The quantitative estimate of drug-likeness (QED) is 0.591.